The molecule has 6 heteroatoms. The molecule has 1 saturated carbocycles. The van der Waals surface area contributed by atoms with Crippen molar-refractivity contribution in [1.82, 2.24) is 16.0 Å². The molecule has 0 radical (unpaired) electrons. The third-order valence-corrected chi connectivity index (χ3v) is 10.5. The van der Waals surface area contributed by atoms with Crippen molar-refractivity contribution in [2.24, 2.45) is 16.2 Å². The van der Waals surface area contributed by atoms with Gasteiger partial charge in [-0.1, -0.05) is 101 Å². The van der Waals surface area contributed by atoms with E-state index in [-0.39, 0.29) is 63.1 Å². The number of carbonyl (C=O) groups excluding carboxylic acids is 2. The summed E-state index contributed by atoms with van der Waals surface area (Å²) in [5.41, 5.74) is 0.606. The van der Waals surface area contributed by atoms with Crippen molar-refractivity contribution in [3.8, 4) is 5.75 Å². The first-order valence-electron chi connectivity index (χ1n) is 18.4. The first-order chi connectivity index (χ1) is 21.1. The van der Waals surface area contributed by atoms with E-state index in [9.17, 15) is 9.90 Å². The summed E-state index contributed by atoms with van der Waals surface area (Å²) in [5, 5.41) is 22.2. The zero-order valence-corrected chi connectivity index (χ0v) is 32.9. The fraction of sp³-hybridized carbons (Fsp3) is 0.805. The fourth-order valence-electron chi connectivity index (χ4n) is 9.37. The van der Waals surface area contributed by atoms with E-state index in [2.05, 4.69) is 132 Å². The molecule has 1 heterocycles. The highest BCUT2D eigenvalue weighted by molar-refractivity contribution is 6.05. The Morgan fingerprint density at radius 3 is 1.55 bits per heavy atom. The van der Waals surface area contributed by atoms with E-state index in [4.69, 9.17) is 0 Å². The number of piperidine rings is 1. The quantitative estimate of drug-likeness (QED) is 0.201. The van der Waals surface area contributed by atoms with Crippen molar-refractivity contribution in [2.75, 3.05) is 0 Å². The smallest absolute Gasteiger partial charge is 0.236 e. The van der Waals surface area contributed by atoms with Gasteiger partial charge in [-0.2, -0.15) is 0 Å². The molecule has 2 fully saturated rings. The molecule has 3 rings (SSSR count). The number of unbranched alkanes of at least 4 members (excludes halogenated alkanes) is 1. The molecule has 1 aliphatic carbocycles. The van der Waals surface area contributed by atoms with Crippen LogP contribution < -0.4 is 16.0 Å². The molecule has 0 aromatic heterocycles. The molecule has 1 aromatic rings. The lowest BCUT2D eigenvalue weighted by Gasteiger charge is -2.48. The first kappa shape index (κ1) is 39.4. The van der Waals surface area contributed by atoms with E-state index in [1.54, 1.807) is 0 Å². The maximum atomic E-state index is 15.0. The van der Waals surface area contributed by atoms with Crippen molar-refractivity contribution in [2.45, 2.75) is 196 Å². The number of hydrogen-bond donors (Lipinski definition) is 4. The van der Waals surface area contributed by atoms with Crippen LogP contribution in [-0.2, 0) is 26.8 Å². The minimum absolute atomic E-state index is 0.00175. The van der Waals surface area contributed by atoms with E-state index < -0.39 is 5.41 Å². The Kier molecular flexibility index (Phi) is 11.2. The average molecular weight is 654 g/mol. The summed E-state index contributed by atoms with van der Waals surface area (Å²) in [6.07, 6.45) is 6.88. The molecule has 47 heavy (non-hydrogen) atoms. The summed E-state index contributed by atoms with van der Waals surface area (Å²) < 4.78 is 0. The minimum atomic E-state index is -1.29. The minimum Gasteiger partial charge on any atom is -0.507 e. The molecule has 6 nitrogen and oxygen atoms in total. The number of nitrogens with one attached hydrogen (secondary N) is 3. The van der Waals surface area contributed by atoms with Gasteiger partial charge >= 0.3 is 0 Å². The Labute approximate surface area is 288 Å². The Bertz CT molecular complexity index is 1170. The van der Waals surface area contributed by atoms with Gasteiger partial charge in [-0.3, -0.25) is 9.59 Å². The lowest BCUT2D eigenvalue weighted by Crippen LogP contribution is -2.64. The van der Waals surface area contributed by atoms with E-state index in [1.165, 1.54) is 0 Å². The van der Waals surface area contributed by atoms with Crippen molar-refractivity contribution in [3.63, 3.8) is 0 Å². The van der Waals surface area contributed by atoms with Crippen LogP contribution in [0, 0.1) is 16.2 Å². The third-order valence-electron chi connectivity index (χ3n) is 10.5. The largest absolute Gasteiger partial charge is 0.507 e. The number of phenolic OH excluding ortho intramolecular Hbond substituents is 1. The lowest BCUT2D eigenvalue weighted by atomic mass is 9.63. The zero-order valence-electron chi connectivity index (χ0n) is 32.9. The van der Waals surface area contributed by atoms with Crippen LogP contribution in [0.2, 0.25) is 0 Å². The molecule has 1 unspecified atom stereocenters. The second kappa shape index (κ2) is 13.3. The van der Waals surface area contributed by atoms with Gasteiger partial charge in [-0.05, 0) is 111 Å². The SMILES string of the molecule is CCCCC(Cc1cc(C(C)(C)C)c(O)c(C(C)(C)C)c1)(C(=O)NC1CC(C)(C)CC(C)(C)C1)C(=O)NC1CC(C)(C)NC(C)(C)C1. The summed E-state index contributed by atoms with van der Waals surface area (Å²) >= 11 is 0. The second-order valence-corrected chi connectivity index (χ2v) is 20.5. The fourth-order valence-corrected chi connectivity index (χ4v) is 9.37. The van der Waals surface area contributed by atoms with Crippen LogP contribution in [0.5, 0.6) is 5.75 Å². The summed E-state index contributed by atoms with van der Waals surface area (Å²) in [4.78, 5) is 30.0. The molecular formula is C41H71N3O3. The topological polar surface area (TPSA) is 90.5 Å². The normalized spacial score (nSPS) is 22.7. The number of benzene rings is 1. The Balaban J connectivity index is 2.18. The molecule has 1 saturated heterocycles. The lowest BCUT2D eigenvalue weighted by molar-refractivity contribution is -0.146. The number of aromatic hydroxyl groups is 1. The number of amides is 2. The van der Waals surface area contributed by atoms with Gasteiger partial charge < -0.3 is 21.1 Å². The van der Waals surface area contributed by atoms with Crippen LogP contribution in [0.15, 0.2) is 12.1 Å². The number of phenols is 1. The highest BCUT2D eigenvalue weighted by Crippen LogP contribution is 2.47. The molecule has 268 valence electrons. The molecule has 4 N–H and O–H groups in total. The summed E-state index contributed by atoms with van der Waals surface area (Å²) in [7, 11) is 0. The molecule has 2 amide bonds. The van der Waals surface area contributed by atoms with Crippen molar-refractivity contribution in [3.05, 3.63) is 28.8 Å². The highest BCUT2D eigenvalue weighted by Gasteiger charge is 2.49. The molecule has 1 aliphatic heterocycles. The number of hydrogen-bond acceptors (Lipinski definition) is 4. The predicted octanol–water partition coefficient (Wildman–Crippen LogP) is 8.85. The average Bonchev–Trinajstić information content (AvgIpc) is 2.81. The summed E-state index contributed by atoms with van der Waals surface area (Å²) in [6, 6.07) is 4.05. The Morgan fingerprint density at radius 2 is 1.17 bits per heavy atom. The molecule has 2 aliphatic rings. The predicted molar refractivity (Wildman–Crippen MR) is 197 cm³/mol. The zero-order chi connectivity index (χ0) is 36.0. The number of carbonyl (C=O) groups is 2. The van der Waals surface area contributed by atoms with Crippen LogP contribution in [-0.4, -0.2) is 40.1 Å². The van der Waals surface area contributed by atoms with Gasteiger partial charge in [-0.25, -0.2) is 0 Å². The number of rotatable bonds is 9. The van der Waals surface area contributed by atoms with Gasteiger partial charge in [0.25, 0.3) is 0 Å². The van der Waals surface area contributed by atoms with Crippen LogP contribution >= 0.6 is 0 Å². The van der Waals surface area contributed by atoms with E-state index in [1.807, 2.05) is 0 Å². The van der Waals surface area contributed by atoms with Crippen LogP contribution in [0.25, 0.3) is 0 Å². The molecular weight excluding hydrogens is 582 g/mol. The van der Waals surface area contributed by atoms with Crippen molar-refractivity contribution < 1.29 is 14.7 Å². The second-order valence-electron chi connectivity index (χ2n) is 20.5. The van der Waals surface area contributed by atoms with E-state index in [0.717, 1.165) is 61.6 Å². The van der Waals surface area contributed by atoms with Crippen molar-refractivity contribution >= 4 is 11.8 Å². The van der Waals surface area contributed by atoms with Crippen LogP contribution in [0.3, 0.4) is 0 Å². The first-order valence-corrected chi connectivity index (χ1v) is 18.4. The highest BCUT2D eigenvalue weighted by atomic mass is 16.3. The van der Waals surface area contributed by atoms with Crippen LogP contribution in [0.4, 0.5) is 0 Å². The maximum absolute atomic E-state index is 15.0. The van der Waals surface area contributed by atoms with Crippen LogP contribution in [0.1, 0.15) is 172 Å². The molecule has 1 aromatic carbocycles. The summed E-state index contributed by atoms with van der Waals surface area (Å²) in [6.45, 7) is 32.7. The van der Waals surface area contributed by atoms with E-state index in [0.29, 0.717) is 12.2 Å². The van der Waals surface area contributed by atoms with Gasteiger partial charge in [-0.15, -0.1) is 0 Å². The summed E-state index contributed by atoms with van der Waals surface area (Å²) in [5.74, 6) is -0.0104. The molecule has 0 spiro atoms. The van der Waals surface area contributed by atoms with Gasteiger partial charge in [0.1, 0.15) is 11.2 Å². The van der Waals surface area contributed by atoms with Gasteiger partial charge in [0.15, 0.2) is 0 Å². The molecule has 1 atom stereocenters. The molecule has 0 bridgehead atoms. The van der Waals surface area contributed by atoms with Gasteiger partial charge in [0, 0.05) is 23.2 Å². The third kappa shape index (κ3) is 9.98. The van der Waals surface area contributed by atoms with Gasteiger partial charge in [0.2, 0.25) is 11.8 Å². The maximum Gasteiger partial charge on any atom is 0.236 e. The van der Waals surface area contributed by atoms with E-state index >= 15 is 4.79 Å². The standard InChI is InChI=1S/C41H71N3O3/c1-16-17-18-41(33(46)42-28-22-37(8,9)26-38(10,11)23-28,34(47)43-29-24-39(12,13)44-40(14,15)25-29)21-27-19-30(35(2,3)4)32(45)31(20-27)36(5,6)7/h19-20,28-29,44-45H,16-18,21-26H2,1-15H3,(H,42,46)(H,43,47). The van der Waals surface area contributed by atoms with Gasteiger partial charge in [0.05, 0.1) is 0 Å². The van der Waals surface area contributed by atoms with Crippen molar-refractivity contribution in [1.29, 1.82) is 0 Å². The Morgan fingerprint density at radius 1 is 0.766 bits per heavy atom. The monoisotopic (exact) mass is 654 g/mol. The Hall–Kier alpha value is -2.08.